The lowest BCUT2D eigenvalue weighted by atomic mass is 10.1. The number of hydrogen-bond donors (Lipinski definition) is 2. The molecule has 0 spiro atoms. The average Bonchev–Trinajstić information content (AvgIpc) is 3.21. The number of rotatable bonds is 7. The predicted molar refractivity (Wildman–Crippen MR) is 73.0 cm³/mol. The maximum atomic E-state index is 9.48. The molecule has 1 fully saturated rings. The minimum atomic E-state index is -0.343. The Morgan fingerprint density at radius 1 is 1.33 bits per heavy atom. The third kappa shape index (κ3) is 3.72. The fourth-order valence-corrected chi connectivity index (χ4v) is 1.92. The first-order chi connectivity index (χ1) is 8.65. The van der Waals surface area contributed by atoms with Crippen molar-refractivity contribution in [3.63, 3.8) is 0 Å². The Kier molecular flexibility index (Phi) is 4.25. The molecule has 1 aromatic carbocycles. The maximum absolute atomic E-state index is 9.48. The van der Waals surface area contributed by atoms with Crippen LogP contribution < -0.4 is 10.1 Å². The van der Waals surface area contributed by atoms with Gasteiger partial charge in [-0.3, -0.25) is 0 Å². The molecule has 0 heterocycles. The second-order valence-electron chi connectivity index (χ2n) is 5.42. The monoisotopic (exact) mass is 249 g/mol. The van der Waals surface area contributed by atoms with Gasteiger partial charge < -0.3 is 15.2 Å². The lowest BCUT2D eigenvalue weighted by Crippen LogP contribution is -2.51. The highest BCUT2D eigenvalue weighted by molar-refractivity contribution is 5.27. The van der Waals surface area contributed by atoms with Crippen molar-refractivity contribution >= 4 is 0 Å². The van der Waals surface area contributed by atoms with E-state index in [2.05, 4.69) is 24.4 Å². The van der Waals surface area contributed by atoms with Gasteiger partial charge in [0.25, 0.3) is 0 Å². The number of hydrogen-bond acceptors (Lipinski definition) is 3. The molecule has 3 heteroatoms. The van der Waals surface area contributed by atoms with Gasteiger partial charge >= 0.3 is 0 Å². The minimum absolute atomic E-state index is 0.0938. The van der Waals surface area contributed by atoms with Crippen molar-refractivity contribution in [3.8, 4) is 5.75 Å². The smallest absolute Gasteiger partial charge is 0.119 e. The van der Waals surface area contributed by atoms with Gasteiger partial charge in [-0.25, -0.2) is 0 Å². The number of ether oxygens (including phenoxy) is 1. The van der Waals surface area contributed by atoms with E-state index in [1.54, 1.807) is 0 Å². The summed E-state index contributed by atoms with van der Waals surface area (Å²) in [5, 5.41) is 12.9. The molecule has 100 valence electrons. The van der Waals surface area contributed by atoms with Crippen LogP contribution >= 0.6 is 0 Å². The van der Waals surface area contributed by atoms with E-state index in [4.69, 9.17) is 4.74 Å². The Bertz CT molecular complexity index is 373. The highest BCUT2D eigenvalue weighted by atomic mass is 16.5. The molecule has 0 bridgehead atoms. The summed E-state index contributed by atoms with van der Waals surface area (Å²) in [4.78, 5) is 0. The van der Waals surface area contributed by atoms with E-state index >= 15 is 0 Å². The molecule has 0 saturated heterocycles. The number of nitrogens with one attached hydrogen (secondary N) is 1. The van der Waals surface area contributed by atoms with Crippen molar-refractivity contribution < 1.29 is 9.84 Å². The van der Waals surface area contributed by atoms with Gasteiger partial charge in [0.1, 0.15) is 12.4 Å². The second kappa shape index (κ2) is 5.72. The summed E-state index contributed by atoms with van der Waals surface area (Å²) in [6.07, 6.45) is 3.46. The van der Waals surface area contributed by atoms with Crippen LogP contribution in [0.2, 0.25) is 0 Å². The quantitative estimate of drug-likeness (QED) is 0.778. The average molecular weight is 249 g/mol. The van der Waals surface area contributed by atoms with E-state index in [0.717, 1.165) is 12.2 Å². The maximum Gasteiger partial charge on any atom is 0.119 e. The Morgan fingerprint density at radius 2 is 2.00 bits per heavy atom. The molecular weight excluding hydrogens is 226 g/mol. The topological polar surface area (TPSA) is 41.5 Å². The summed E-state index contributed by atoms with van der Waals surface area (Å²) in [7, 11) is 0. The first-order valence-corrected chi connectivity index (χ1v) is 6.75. The molecule has 18 heavy (non-hydrogen) atoms. The third-order valence-electron chi connectivity index (χ3n) is 3.37. The van der Waals surface area contributed by atoms with Gasteiger partial charge in [0.2, 0.25) is 0 Å². The highest BCUT2D eigenvalue weighted by Crippen LogP contribution is 2.23. The zero-order valence-corrected chi connectivity index (χ0v) is 11.3. The molecule has 2 N–H and O–H groups in total. The molecule has 1 atom stereocenters. The summed E-state index contributed by atoms with van der Waals surface area (Å²) in [5.74, 6) is 0.865. The Hall–Kier alpha value is -1.06. The summed E-state index contributed by atoms with van der Waals surface area (Å²) in [6.45, 7) is 4.73. The number of aliphatic hydroxyl groups excluding tert-OH is 1. The van der Waals surface area contributed by atoms with E-state index in [-0.39, 0.29) is 12.1 Å². The van der Waals surface area contributed by atoms with Crippen LogP contribution in [0.25, 0.3) is 0 Å². The molecule has 1 aliphatic carbocycles. The van der Waals surface area contributed by atoms with Gasteiger partial charge in [-0.1, -0.05) is 19.1 Å². The van der Waals surface area contributed by atoms with Crippen LogP contribution in [0.5, 0.6) is 5.75 Å². The molecule has 1 aromatic rings. The van der Waals surface area contributed by atoms with E-state index in [1.165, 1.54) is 18.4 Å². The number of benzene rings is 1. The molecule has 0 aliphatic heterocycles. The van der Waals surface area contributed by atoms with Crippen LogP contribution in [0.1, 0.15) is 32.3 Å². The fraction of sp³-hybridized carbons (Fsp3) is 0.600. The number of aryl methyl sites for hydroxylation is 1. The van der Waals surface area contributed by atoms with Crippen molar-refractivity contribution in [1.82, 2.24) is 5.32 Å². The number of aliphatic hydroxyl groups is 1. The van der Waals surface area contributed by atoms with Gasteiger partial charge in [-0.2, -0.15) is 0 Å². The first kappa shape index (κ1) is 13.4. The second-order valence-corrected chi connectivity index (χ2v) is 5.42. The standard InChI is InChI=1S/C15H23NO2/c1-3-12-4-8-14(9-5-12)18-11-15(2,10-17)16-13-6-7-13/h4-5,8-9,13,16-17H,3,6-7,10-11H2,1-2H3. The van der Waals surface area contributed by atoms with Crippen LogP contribution in [0.4, 0.5) is 0 Å². The Morgan fingerprint density at radius 3 is 2.50 bits per heavy atom. The van der Waals surface area contributed by atoms with Crippen LogP contribution in [0.3, 0.4) is 0 Å². The Labute approximate surface area is 109 Å². The first-order valence-electron chi connectivity index (χ1n) is 6.75. The zero-order valence-electron chi connectivity index (χ0n) is 11.3. The third-order valence-corrected chi connectivity index (χ3v) is 3.37. The molecular formula is C15H23NO2. The largest absolute Gasteiger partial charge is 0.492 e. The molecule has 0 radical (unpaired) electrons. The van der Waals surface area contributed by atoms with Gasteiger partial charge in [0.15, 0.2) is 0 Å². The SMILES string of the molecule is CCc1ccc(OCC(C)(CO)NC2CC2)cc1. The molecule has 2 rings (SSSR count). The van der Waals surface area contributed by atoms with Crippen molar-refractivity contribution in [2.75, 3.05) is 13.2 Å². The van der Waals surface area contributed by atoms with Gasteiger partial charge in [0.05, 0.1) is 12.1 Å². The van der Waals surface area contributed by atoms with Crippen molar-refractivity contribution in [2.24, 2.45) is 0 Å². The summed E-state index contributed by atoms with van der Waals surface area (Å²) in [6, 6.07) is 8.72. The van der Waals surface area contributed by atoms with Crippen molar-refractivity contribution in [1.29, 1.82) is 0 Å². The van der Waals surface area contributed by atoms with Crippen LogP contribution in [0.15, 0.2) is 24.3 Å². The molecule has 1 saturated carbocycles. The Balaban J connectivity index is 1.87. The lowest BCUT2D eigenvalue weighted by Gasteiger charge is -2.28. The molecule has 1 unspecified atom stereocenters. The van der Waals surface area contributed by atoms with E-state index in [0.29, 0.717) is 12.6 Å². The van der Waals surface area contributed by atoms with Crippen LogP contribution in [0, 0.1) is 0 Å². The molecule has 1 aliphatic rings. The lowest BCUT2D eigenvalue weighted by molar-refractivity contribution is 0.114. The fourth-order valence-electron chi connectivity index (χ4n) is 1.92. The van der Waals surface area contributed by atoms with Gasteiger partial charge in [0, 0.05) is 6.04 Å². The molecule has 0 aromatic heterocycles. The van der Waals surface area contributed by atoms with E-state index in [9.17, 15) is 5.11 Å². The normalized spacial score (nSPS) is 18.4. The highest BCUT2D eigenvalue weighted by Gasteiger charge is 2.32. The summed E-state index contributed by atoms with van der Waals surface area (Å²) in [5.41, 5.74) is 0.966. The van der Waals surface area contributed by atoms with Crippen LogP contribution in [-0.2, 0) is 6.42 Å². The van der Waals surface area contributed by atoms with Crippen molar-refractivity contribution in [2.45, 2.75) is 44.7 Å². The van der Waals surface area contributed by atoms with Crippen LogP contribution in [-0.4, -0.2) is 29.9 Å². The van der Waals surface area contributed by atoms with Gasteiger partial charge in [-0.15, -0.1) is 0 Å². The molecule has 0 amide bonds. The van der Waals surface area contributed by atoms with Crippen molar-refractivity contribution in [3.05, 3.63) is 29.8 Å². The molecule has 3 nitrogen and oxygen atoms in total. The van der Waals surface area contributed by atoms with E-state index < -0.39 is 0 Å². The zero-order chi connectivity index (χ0) is 13.0. The van der Waals surface area contributed by atoms with Gasteiger partial charge in [-0.05, 0) is 43.9 Å². The summed E-state index contributed by atoms with van der Waals surface area (Å²) >= 11 is 0. The van der Waals surface area contributed by atoms with E-state index in [1.807, 2.05) is 19.1 Å². The predicted octanol–water partition coefficient (Wildman–Crippen LogP) is 2.13. The minimum Gasteiger partial charge on any atom is -0.492 e. The summed E-state index contributed by atoms with van der Waals surface area (Å²) < 4.78 is 5.77.